The van der Waals surface area contributed by atoms with Crippen molar-refractivity contribution in [3.05, 3.63) is 72.1 Å². The standard InChI is InChI=1S/C48H63N9O6S/c1-10-15-34-41(58)53-36(21-28-23-49-32-18-13-11-16-30(28)32)42(59)52-35(20-25(2)3)43(60)55-38(26(4)5)45(62)54-37(22-29-24-50-33-19-14-12-17-31(29)33)44(61)56-39(27(6)7)47-57-40(46(63)51-34)48(8,9)64-47/h1,11-14,16-19,23-27,34-40,47,49-50,57H,15,20-22H2,2-9H3,(H,51,63)(H,52,59)(H,53,58)(H,54,62)(H,55,60)(H,56,61)/t34-,35-,36+,37-,38+,39+,40-,47?/m1/s1. The van der Waals surface area contributed by atoms with Gasteiger partial charge in [-0.1, -0.05) is 77.9 Å². The maximum atomic E-state index is 14.6. The number of aromatic nitrogens is 2. The Balaban J connectivity index is 1.40. The summed E-state index contributed by atoms with van der Waals surface area (Å²) in [6, 6.07) is 8.21. The van der Waals surface area contributed by atoms with Crippen LogP contribution in [0.25, 0.3) is 21.8 Å². The summed E-state index contributed by atoms with van der Waals surface area (Å²) in [4.78, 5) is 92.9. The smallest absolute Gasteiger partial charge is 0.244 e. The SMILES string of the molecule is C#CC[C@H]1NC(=O)[C@H]2NC(SC2(C)C)[C@H](C(C)C)NC(=O)[C@@H](Cc2c[nH]c3ccccc23)NC(=O)[C@H](C(C)C)NC(=O)[C@@H](CC(C)C)NC(=O)[C@H](Cc2c[nH]c3ccccc23)NC1=O. The van der Waals surface area contributed by atoms with Crippen molar-refractivity contribution in [3.8, 4) is 12.3 Å². The Hall–Kier alpha value is -5.79. The molecule has 2 aliphatic rings. The zero-order chi connectivity index (χ0) is 46.5. The molecular weight excluding hydrogens is 831 g/mol. The van der Waals surface area contributed by atoms with Crippen LogP contribution in [-0.4, -0.2) is 97.8 Å². The molecule has 0 saturated carbocycles. The first-order valence-electron chi connectivity index (χ1n) is 22.2. The lowest BCUT2D eigenvalue weighted by Crippen LogP contribution is -2.61. The van der Waals surface area contributed by atoms with Gasteiger partial charge in [0.2, 0.25) is 35.4 Å². The number of rotatable bonds is 9. The van der Waals surface area contributed by atoms with Crippen molar-refractivity contribution in [2.75, 3.05) is 0 Å². The lowest BCUT2D eigenvalue weighted by atomic mass is 9.97. The van der Waals surface area contributed by atoms with E-state index >= 15 is 0 Å². The number of para-hydroxylation sites is 2. The number of hydrogen-bond acceptors (Lipinski definition) is 8. The highest BCUT2D eigenvalue weighted by molar-refractivity contribution is 8.01. The molecule has 2 aliphatic heterocycles. The number of nitrogens with one attached hydrogen (secondary N) is 9. The molecule has 6 rings (SSSR count). The van der Waals surface area contributed by atoms with Gasteiger partial charge in [-0.05, 0) is 61.3 Å². The molecule has 2 bridgehead atoms. The van der Waals surface area contributed by atoms with Gasteiger partial charge in [-0.15, -0.1) is 24.1 Å². The molecule has 4 heterocycles. The quantitative estimate of drug-likeness (QED) is 0.113. The van der Waals surface area contributed by atoms with Crippen LogP contribution in [0.4, 0.5) is 0 Å². The highest BCUT2D eigenvalue weighted by Crippen LogP contribution is 2.40. The molecule has 16 heteroatoms. The first-order chi connectivity index (χ1) is 30.4. The predicted molar refractivity (Wildman–Crippen MR) is 251 cm³/mol. The fourth-order valence-electron chi connectivity index (χ4n) is 8.56. The molecule has 0 aliphatic carbocycles. The number of H-pyrrole nitrogens is 2. The van der Waals surface area contributed by atoms with Crippen LogP contribution in [0, 0.1) is 30.1 Å². The molecule has 2 aromatic heterocycles. The molecule has 2 saturated heterocycles. The number of carbonyl (C=O) groups excluding carboxylic acids is 6. The second-order valence-corrected chi connectivity index (χ2v) is 20.5. The van der Waals surface area contributed by atoms with Gasteiger partial charge in [-0.2, -0.15) is 0 Å². The Bertz CT molecular complexity index is 2400. The monoisotopic (exact) mass is 893 g/mol. The van der Waals surface area contributed by atoms with Gasteiger partial charge < -0.3 is 41.9 Å². The van der Waals surface area contributed by atoms with Crippen molar-refractivity contribution < 1.29 is 28.8 Å². The number of amides is 6. The van der Waals surface area contributed by atoms with E-state index in [-0.39, 0.29) is 37.5 Å². The van der Waals surface area contributed by atoms with Crippen molar-refractivity contribution in [1.82, 2.24) is 47.2 Å². The number of fused-ring (bicyclic) bond motifs is 4. The molecule has 2 fully saturated rings. The van der Waals surface area contributed by atoms with E-state index in [0.717, 1.165) is 32.9 Å². The van der Waals surface area contributed by atoms with Crippen molar-refractivity contribution >= 4 is 69.0 Å². The first-order valence-corrected chi connectivity index (χ1v) is 23.0. The van der Waals surface area contributed by atoms with Crippen molar-refractivity contribution in [2.24, 2.45) is 17.8 Å². The molecular formula is C48H63N9O6S. The van der Waals surface area contributed by atoms with Crippen LogP contribution < -0.4 is 37.2 Å². The van der Waals surface area contributed by atoms with Gasteiger partial charge in [0, 0.05) is 58.2 Å². The summed E-state index contributed by atoms with van der Waals surface area (Å²) in [5.41, 5.74) is 3.26. The zero-order valence-corrected chi connectivity index (χ0v) is 38.7. The van der Waals surface area contributed by atoms with Crippen LogP contribution in [-0.2, 0) is 41.6 Å². The van der Waals surface area contributed by atoms with Crippen molar-refractivity contribution in [1.29, 1.82) is 0 Å². The molecule has 0 radical (unpaired) electrons. The maximum Gasteiger partial charge on any atom is 0.244 e. The summed E-state index contributed by atoms with van der Waals surface area (Å²) in [5, 5.41) is 22.4. The molecule has 4 aromatic rings. The van der Waals surface area contributed by atoms with E-state index < -0.39 is 93.8 Å². The number of thioether (sulfide) groups is 1. The summed E-state index contributed by atoms with van der Waals surface area (Å²) >= 11 is 1.49. The Kier molecular flexibility index (Phi) is 15.2. The molecule has 0 spiro atoms. The largest absolute Gasteiger partial charge is 0.361 e. The van der Waals surface area contributed by atoms with E-state index in [4.69, 9.17) is 6.42 Å². The van der Waals surface area contributed by atoms with E-state index in [0.29, 0.717) is 0 Å². The summed E-state index contributed by atoms with van der Waals surface area (Å²) < 4.78 is -0.718. The van der Waals surface area contributed by atoms with Gasteiger partial charge in [0.15, 0.2) is 0 Å². The van der Waals surface area contributed by atoms with Gasteiger partial charge in [-0.25, -0.2) is 0 Å². The summed E-state index contributed by atoms with van der Waals surface area (Å²) in [6.07, 6.45) is 9.58. The molecule has 6 amide bonds. The topological polar surface area (TPSA) is 218 Å². The Morgan fingerprint density at radius 2 is 1.09 bits per heavy atom. The molecule has 8 atom stereocenters. The minimum Gasteiger partial charge on any atom is -0.361 e. The summed E-state index contributed by atoms with van der Waals surface area (Å²) in [7, 11) is 0. The molecule has 64 heavy (non-hydrogen) atoms. The fraction of sp³-hybridized carbons (Fsp3) is 0.500. The van der Waals surface area contributed by atoms with Gasteiger partial charge in [0.25, 0.3) is 0 Å². The molecule has 342 valence electrons. The third-order valence-electron chi connectivity index (χ3n) is 12.1. The Morgan fingerprint density at radius 3 is 1.62 bits per heavy atom. The minimum absolute atomic E-state index is 0.0380. The van der Waals surface area contributed by atoms with Crippen LogP contribution in [0.3, 0.4) is 0 Å². The maximum absolute atomic E-state index is 14.6. The molecule has 1 unspecified atom stereocenters. The van der Waals surface area contributed by atoms with Crippen LogP contribution >= 0.6 is 11.8 Å². The van der Waals surface area contributed by atoms with E-state index in [1.165, 1.54) is 11.8 Å². The van der Waals surface area contributed by atoms with Gasteiger partial charge in [0.05, 0.1) is 11.4 Å². The highest BCUT2D eigenvalue weighted by Gasteiger charge is 2.49. The second-order valence-electron chi connectivity index (χ2n) is 18.7. The number of terminal acetylenes is 1. The molecule has 15 nitrogen and oxygen atoms in total. The van der Waals surface area contributed by atoms with Gasteiger partial charge in [0.1, 0.15) is 36.3 Å². The van der Waals surface area contributed by atoms with Crippen LogP contribution in [0.2, 0.25) is 0 Å². The summed E-state index contributed by atoms with van der Waals surface area (Å²) in [5.74, 6) is -1.53. The number of aromatic amines is 2. The predicted octanol–water partition coefficient (Wildman–Crippen LogP) is 3.55. The van der Waals surface area contributed by atoms with E-state index in [2.05, 4.69) is 53.1 Å². The number of carbonyl (C=O) groups is 6. The van der Waals surface area contributed by atoms with Crippen LogP contribution in [0.1, 0.15) is 79.4 Å². The third-order valence-corrected chi connectivity index (χ3v) is 13.6. The van der Waals surface area contributed by atoms with E-state index in [1.807, 2.05) is 96.3 Å². The average molecular weight is 894 g/mol. The van der Waals surface area contributed by atoms with E-state index in [1.54, 1.807) is 20.0 Å². The number of hydrogen-bond donors (Lipinski definition) is 9. The lowest BCUT2D eigenvalue weighted by molar-refractivity contribution is -0.136. The van der Waals surface area contributed by atoms with Crippen molar-refractivity contribution in [2.45, 2.75) is 133 Å². The van der Waals surface area contributed by atoms with Gasteiger partial charge >= 0.3 is 0 Å². The van der Waals surface area contributed by atoms with Gasteiger partial charge in [-0.3, -0.25) is 34.1 Å². The van der Waals surface area contributed by atoms with Crippen LogP contribution in [0.5, 0.6) is 0 Å². The third kappa shape index (κ3) is 11.1. The molecule has 9 N–H and O–H groups in total. The van der Waals surface area contributed by atoms with Crippen LogP contribution in [0.15, 0.2) is 60.9 Å². The average Bonchev–Trinajstić information content (AvgIpc) is 3.94. The zero-order valence-electron chi connectivity index (χ0n) is 37.9. The second kappa shape index (κ2) is 20.4. The minimum atomic E-state index is -1.21. The highest BCUT2D eigenvalue weighted by atomic mass is 32.2. The first kappa shape index (κ1) is 47.7. The number of benzene rings is 2. The lowest BCUT2D eigenvalue weighted by Gasteiger charge is -2.31. The Labute approximate surface area is 379 Å². The van der Waals surface area contributed by atoms with E-state index in [9.17, 15) is 28.8 Å². The normalized spacial score (nSPS) is 26.5. The summed E-state index contributed by atoms with van der Waals surface area (Å²) in [6.45, 7) is 15.2. The molecule has 2 aromatic carbocycles. The van der Waals surface area contributed by atoms with Crippen molar-refractivity contribution in [3.63, 3.8) is 0 Å². The Morgan fingerprint density at radius 1 is 0.609 bits per heavy atom. The fourth-order valence-corrected chi connectivity index (χ4v) is 10.3.